The molecule has 0 spiro atoms. The van der Waals surface area contributed by atoms with Crippen molar-refractivity contribution in [3.05, 3.63) is 17.2 Å². The monoisotopic (exact) mass is 166 g/mol. The summed E-state index contributed by atoms with van der Waals surface area (Å²) in [5, 5.41) is 0. The van der Waals surface area contributed by atoms with Gasteiger partial charge in [0.15, 0.2) is 0 Å². The Balaban J connectivity index is 3.40. The van der Waals surface area contributed by atoms with Gasteiger partial charge in [-0.1, -0.05) is 0 Å². The Hall–Kier alpha value is -1.38. The van der Waals surface area contributed by atoms with E-state index in [0.29, 0.717) is 11.4 Å². The van der Waals surface area contributed by atoms with Crippen LogP contribution >= 0.6 is 0 Å². The minimum atomic E-state index is 0.634. The molecular weight excluding hydrogens is 152 g/mol. The predicted molar refractivity (Wildman–Crippen MR) is 51.3 cm³/mol. The highest BCUT2D eigenvalue weighted by Crippen LogP contribution is 2.32. The lowest BCUT2D eigenvalue weighted by molar-refractivity contribution is 0.414. The first-order valence-corrected chi connectivity index (χ1v) is 3.77. The Kier molecular flexibility index (Phi) is 2.13. The average Bonchev–Trinajstić information content (AvgIpc) is 2.01. The summed E-state index contributed by atoms with van der Waals surface area (Å²) >= 11 is 0. The van der Waals surface area contributed by atoms with Crippen molar-refractivity contribution in [2.45, 2.75) is 13.8 Å². The summed E-state index contributed by atoms with van der Waals surface area (Å²) in [5.74, 6) is 0.724. The first-order chi connectivity index (χ1) is 5.57. The summed E-state index contributed by atoms with van der Waals surface area (Å²) < 4.78 is 5.13. The highest BCUT2D eigenvalue weighted by atomic mass is 16.5. The first kappa shape index (κ1) is 8.71. The molecule has 0 saturated heterocycles. The maximum absolute atomic E-state index is 5.79. The van der Waals surface area contributed by atoms with Gasteiger partial charge < -0.3 is 16.2 Å². The lowest BCUT2D eigenvalue weighted by Gasteiger charge is -2.12. The third-order valence-electron chi connectivity index (χ3n) is 2.02. The third kappa shape index (κ3) is 1.18. The summed E-state index contributed by atoms with van der Waals surface area (Å²) in [5.41, 5.74) is 14.7. The van der Waals surface area contributed by atoms with Crippen molar-refractivity contribution in [1.82, 2.24) is 0 Å². The van der Waals surface area contributed by atoms with Gasteiger partial charge in [0.2, 0.25) is 0 Å². The minimum absolute atomic E-state index is 0.634. The van der Waals surface area contributed by atoms with Gasteiger partial charge in [-0.05, 0) is 31.0 Å². The molecule has 0 aliphatic carbocycles. The van der Waals surface area contributed by atoms with Crippen LogP contribution in [0.2, 0.25) is 0 Å². The number of nitrogens with two attached hydrogens (primary N) is 2. The molecule has 0 saturated carbocycles. The number of hydrogen-bond acceptors (Lipinski definition) is 3. The lowest BCUT2D eigenvalue weighted by atomic mass is 10.1. The predicted octanol–water partition coefficient (Wildman–Crippen LogP) is 1.48. The standard InChI is InChI=1S/C9H14N2O/c1-5-4-7(10)6(2)8(11)9(5)12-3/h4H,10-11H2,1-3H3. The van der Waals surface area contributed by atoms with Crippen LogP contribution in [0.15, 0.2) is 6.07 Å². The number of hydrogen-bond donors (Lipinski definition) is 2. The molecule has 3 nitrogen and oxygen atoms in total. The zero-order valence-corrected chi connectivity index (χ0v) is 7.64. The third-order valence-corrected chi connectivity index (χ3v) is 2.02. The average molecular weight is 166 g/mol. The Morgan fingerprint density at radius 1 is 1.25 bits per heavy atom. The molecule has 3 heteroatoms. The molecule has 0 aromatic heterocycles. The normalized spacial score (nSPS) is 9.92. The molecule has 66 valence electrons. The molecule has 12 heavy (non-hydrogen) atoms. The molecule has 0 radical (unpaired) electrons. The molecule has 0 bridgehead atoms. The van der Waals surface area contributed by atoms with Gasteiger partial charge in [-0.3, -0.25) is 0 Å². The second-order valence-corrected chi connectivity index (χ2v) is 2.85. The highest BCUT2D eigenvalue weighted by molar-refractivity contribution is 5.70. The summed E-state index contributed by atoms with van der Waals surface area (Å²) in [6, 6.07) is 1.87. The van der Waals surface area contributed by atoms with Crippen molar-refractivity contribution in [3.8, 4) is 5.75 Å². The van der Waals surface area contributed by atoms with E-state index in [2.05, 4.69) is 0 Å². The second kappa shape index (κ2) is 2.93. The van der Waals surface area contributed by atoms with E-state index in [1.54, 1.807) is 7.11 Å². The molecule has 0 fully saturated rings. The van der Waals surface area contributed by atoms with Gasteiger partial charge in [0.1, 0.15) is 5.75 Å². The van der Waals surface area contributed by atoms with E-state index in [4.69, 9.17) is 16.2 Å². The molecule has 0 aliphatic rings. The molecule has 0 atom stereocenters. The van der Waals surface area contributed by atoms with E-state index in [-0.39, 0.29) is 0 Å². The molecule has 1 aromatic rings. The van der Waals surface area contributed by atoms with Gasteiger partial charge >= 0.3 is 0 Å². The van der Waals surface area contributed by atoms with Crippen molar-refractivity contribution in [2.24, 2.45) is 0 Å². The van der Waals surface area contributed by atoms with Crippen LogP contribution in [-0.2, 0) is 0 Å². The summed E-state index contributed by atoms with van der Waals surface area (Å²) in [6.07, 6.45) is 0. The number of ether oxygens (including phenoxy) is 1. The highest BCUT2D eigenvalue weighted by Gasteiger charge is 2.08. The SMILES string of the molecule is COc1c(C)cc(N)c(C)c1N. The van der Waals surface area contributed by atoms with Crippen LogP contribution in [0, 0.1) is 13.8 Å². The van der Waals surface area contributed by atoms with Gasteiger partial charge in [0.05, 0.1) is 12.8 Å². The maximum atomic E-state index is 5.79. The van der Waals surface area contributed by atoms with Crippen LogP contribution in [0.3, 0.4) is 0 Å². The molecule has 1 aromatic carbocycles. The first-order valence-electron chi connectivity index (χ1n) is 3.77. The lowest BCUT2D eigenvalue weighted by Crippen LogP contribution is -2.01. The minimum Gasteiger partial charge on any atom is -0.494 e. The van der Waals surface area contributed by atoms with Crippen LogP contribution in [-0.4, -0.2) is 7.11 Å². The Labute approximate surface area is 72.3 Å². The Morgan fingerprint density at radius 2 is 1.83 bits per heavy atom. The van der Waals surface area contributed by atoms with Gasteiger partial charge in [0, 0.05) is 5.69 Å². The summed E-state index contributed by atoms with van der Waals surface area (Å²) in [6.45, 7) is 3.80. The van der Waals surface area contributed by atoms with Crippen LogP contribution < -0.4 is 16.2 Å². The van der Waals surface area contributed by atoms with Crippen molar-refractivity contribution in [1.29, 1.82) is 0 Å². The molecule has 0 aliphatic heterocycles. The number of anilines is 2. The van der Waals surface area contributed by atoms with Crippen molar-refractivity contribution >= 4 is 11.4 Å². The second-order valence-electron chi connectivity index (χ2n) is 2.85. The number of nitrogen functional groups attached to an aromatic ring is 2. The van der Waals surface area contributed by atoms with E-state index in [9.17, 15) is 0 Å². The van der Waals surface area contributed by atoms with Gasteiger partial charge in [-0.2, -0.15) is 0 Å². The van der Waals surface area contributed by atoms with E-state index in [1.165, 1.54) is 0 Å². The number of methoxy groups -OCH3 is 1. The number of aryl methyl sites for hydroxylation is 1. The Morgan fingerprint density at radius 3 is 2.33 bits per heavy atom. The molecule has 0 unspecified atom stereocenters. The molecule has 0 heterocycles. The topological polar surface area (TPSA) is 61.3 Å². The van der Waals surface area contributed by atoms with Crippen LogP contribution in [0.4, 0.5) is 11.4 Å². The van der Waals surface area contributed by atoms with Crippen molar-refractivity contribution in [3.63, 3.8) is 0 Å². The zero-order valence-electron chi connectivity index (χ0n) is 7.64. The molecular formula is C9H14N2O. The quantitative estimate of drug-likeness (QED) is 0.621. The van der Waals surface area contributed by atoms with Gasteiger partial charge in [-0.15, -0.1) is 0 Å². The largest absolute Gasteiger partial charge is 0.494 e. The number of rotatable bonds is 1. The molecule has 0 amide bonds. The van der Waals surface area contributed by atoms with Crippen LogP contribution in [0.25, 0.3) is 0 Å². The van der Waals surface area contributed by atoms with Gasteiger partial charge in [0.25, 0.3) is 0 Å². The van der Waals surface area contributed by atoms with Crippen LogP contribution in [0.5, 0.6) is 5.75 Å². The van der Waals surface area contributed by atoms with E-state index in [1.807, 2.05) is 19.9 Å². The molecule has 1 rings (SSSR count). The van der Waals surface area contributed by atoms with E-state index in [0.717, 1.165) is 16.9 Å². The van der Waals surface area contributed by atoms with Crippen LogP contribution in [0.1, 0.15) is 11.1 Å². The Bertz CT molecular complexity index is 308. The summed E-state index contributed by atoms with van der Waals surface area (Å²) in [7, 11) is 1.61. The van der Waals surface area contributed by atoms with Crippen molar-refractivity contribution in [2.75, 3.05) is 18.6 Å². The maximum Gasteiger partial charge on any atom is 0.145 e. The van der Waals surface area contributed by atoms with E-state index >= 15 is 0 Å². The molecule has 4 N–H and O–H groups in total. The fraction of sp³-hybridized carbons (Fsp3) is 0.333. The fourth-order valence-electron chi connectivity index (χ4n) is 1.22. The van der Waals surface area contributed by atoms with Crippen molar-refractivity contribution < 1.29 is 4.74 Å². The van der Waals surface area contributed by atoms with Gasteiger partial charge in [-0.25, -0.2) is 0 Å². The summed E-state index contributed by atoms with van der Waals surface area (Å²) in [4.78, 5) is 0. The number of benzene rings is 1. The zero-order chi connectivity index (χ0) is 9.30. The smallest absolute Gasteiger partial charge is 0.145 e. The van der Waals surface area contributed by atoms with E-state index < -0.39 is 0 Å². The fourth-order valence-corrected chi connectivity index (χ4v) is 1.22.